The van der Waals surface area contributed by atoms with Crippen LogP contribution >= 0.6 is 0 Å². The van der Waals surface area contributed by atoms with Crippen LogP contribution in [0.15, 0.2) is 193 Å². The van der Waals surface area contributed by atoms with Gasteiger partial charge in [0.25, 0.3) is 0 Å². The lowest BCUT2D eigenvalue weighted by Crippen LogP contribution is -2.30. The highest BCUT2D eigenvalue weighted by Crippen LogP contribution is 2.40. The van der Waals surface area contributed by atoms with E-state index in [0.717, 1.165) is 18.5 Å². The maximum absolute atomic E-state index is 2.49. The Bertz CT molecular complexity index is 2040. The van der Waals surface area contributed by atoms with Gasteiger partial charge in [-0.25, -0.2) is 0 Å². The fraction of sp³-hybridized carbons (Fsp3) is 0.0909. The molecule has 222 valence electrons. The van der Waals surface area contributed by atoms with Gasteiger partial charge in [0, 0.05) is 39.8 Å². The number of hydrogen-bond acceptors (Lipinski definition) is 2. The summed E-state index contributed by atoms with van der Waals surface area (Å²) in [6.45, 7) is 0. The minimum Gasteiger partial charge on any atom is -0.334 e. The molecular weight excluding hydrogens is 556 g/mol. The Balaban J connectivity index is 1.10. The molecule has 0 spiro atoms. The van der Waals surface area contributed by atoms with E-state index in [-0.39, 0.29) is 6.04 Å². The molecule has 0 aliphatic heterocycles. The topological polar surface area (TPSA) is 6.48 Å². The number of allylic oxidation sites excluding steroid dienone is 9. The number of benzene rings is 5. The number of fused-ring (bicyclic) bond motifs is 2. The predicted octanol–water partition coefficient (Wildman–Crippen LogP) is 11.5. The summed E-state index contributed by atoms with van der Waals surface area (Å²) in [6, 6.07) is 46.1. The molecule has 3 aliphatic rings. The van der Waals surface area contributed by atoms with Crippen LogP contribution in [0.25, 0.3) is 16.3 Å². The SMILES string of the molecule is C1=CC2=C(N(c3ccccc3)c3ccc(C4=CCC(N(c5ccccc5)c5cccc6ccccc56)C=C4)cc3)C=CCC2C=C1. The van der Waals surface area contributed by atoms with Gasteiger partial charge in [0.1, 0.15) is 0 Å². The minimum absolute atomic E-state index is 0.210. The first kappa shape index (κ1) is 27.9. The van der Waals surface area contributed by atoms with Crippen LogP contribution in [0.5, 0.6) is 0 Å². The van der Waals surface area contributed by atoms with Gasteiger partial charge in [0.2, 0.25) is 0 Å². The monoisotopic (exact) mass is 592 g/mol. The van der Waals surface area contributed by atoms with Crippen molar-refractivity contribution in [3.63, 3.8) is 0 Å². The van der Waals surface area contributed by atoms with Gasteiger partial charge in [-0.15, -0.1) is 0 Å². The number of hydrogen-bond donors (Lipinski definition) is 0. The summed E-state index contributed by atoms with van der Waals surface area (Å²) in [6.07, 6.45) is 22.6. The van der Waals surface area contributed by atoms with Gasteiger partial charge in [0.15, 0.2) is 0 Å². The molecule has 0 heterocycles. The Morgan fingerprint density at radius 1 is 0.543 bits per heavy atom. The molecule has 0 radical (unpaired) electrons. The third kappa shape index (κ3) is 5.33. The lowest BCUT2D eigenvalue weighted by Gasteiger charge is -2.34. The molecule has 5 aromatic rings. The van der Waals surface area contributed by atoms with Crippen molar-refractivity contribution < 1.29 is 0 Å². The van der Waals surface area contributed by atoms with Crippen LogP contribution < -0.4 is 9.80 Å². The average molecular weight is 593 g/mol. The zero-order chi connectivity index (χ0) is 30.7. The number of anilines is 4. The van der Waals surface area contributed by atoms with E-state index in [1.54, 1.807) is 0 Å². The standard InChI is InChI=1S/C44H36N2/c1-3-17-37(18-4-1)45(43-23-11-15-35-13-7-9-21-41(35)43)39-29-25-33(26-30-39)34-27-31-40(32-28-34)46(38-19-5-2-6-20-38)44-24-12-16-36-14-8-10-22-42(36)44/h1-15,17-29,31-32,36,39H,16,30H2. The van der Waals surface area contributed by atoms with Gasteiger partial charge in [-0.3, -0.25) is 0 Å². The largest absolute Gasteiger partial charge is 0.334 e. The van der Waals surface area contributed by atoms with Crippen LogP contribution in [0.4, 0.5) is 22.7 Å². The smallest absolute Gasteiger partial charge is 0.0560 e. The second-order valence-corrected chi connectivity index (χ2v) is 12.1. The van der Waals surface area contributed by atoms with Crippen molar-refractivity contribution in [2.45, 2.75) is 18.9 Å². The van der Waals surface area contributed by atoms with Crippen LogP contribution in [0, 0.1) is 5.92 Å². The van der Waals surface area contributed by atoms with E-state index in [1.807, 2.05) is 0 Å². The van der Waals surface area contributed by atoms with Crippen LogP contribution in [0.3, 0.4) is 0 Å². The first-order valence-corrected chi connectivity index (χ1v) is 16.3. The second-order valence-electron chi connectivity index (χ2n) is 12.1. The number of para-hydroxylation sites is 2. The van der Waals surface area contributed by atoms with Gasteiger partial charge in [-0.05, 0) is 83.5 Å². The van der Waals surface area contributed by atoms with Crippen molar-refractivity contribution in [1.29, 1.82) is 0 Å². The molecular formula is C44H36N2. The Morgan fingerprint density at radius 2 is 1.26 bits per heavy atom. The molecule has 46 heavy (non-hydrogen) atoms. The molecule has 2 unspecified atom stereocenters. The molecule has 0 fully saturated rings. The lowest BCUT2D eigenvalue weighted by molar-refractivity contribution is 0.763. The van der Waals surface area contributed by atoms with E-state index in [0.29, 0.717) is 5.92 Å². The molecule has 0 N–H and O–H groups in total. The Kier molecular flexibility index (Phi) is 7.54. The van der Waals surface area contributed by atoms with E-state index in [2.05, 4.69) is 192 Å². The maximum Gasteiger partial charge on any atom is 0.0560 e. The van der Waals surface area contributed by atoms with E-state index in [9.17, 15) is 0 Å². The van der Waals surface area contributed by atoms with Crippen molar-refractivity contribution in [2.24, 2.45) is 5.92 Å². The molecule has 0 amide bonds. The fourth-order valence-corrected chi connectivity index (χ4v) is 7.03. The summed E-state index contributed by atoms with van der Waals surface area (Å²) in [5, 5.41) is 2.53. The van der Waals surface area contributed by atoms with Crippen molar-refractivity contribution in [1.82, 2.24) is 0 Å². The Morgan fingerprint density at radius 3 is 2.04 bits per heavy atom. The summed E-state index contributed by atoms with van der Waals surface area (Å²) in [5.41, 5.74) is 9.88. The minimum atomic E-state index is 0.210. The van der Waals surface area contributed by atoms with E-state index in [4.69, 9.17) is 0 Å². The summed E-state index contributed by atoms with van der Waals surface area (Å²) in [5.74, 6) is 0.422. The quantitative estimate of drug-likeness (QED) is 0.185. The molecule has 3 aliphatic carbocycles. The van der Waals surface area contributed by atoms with Crippen LogP contribution in [-0.2, 0) is 0 Å². The van der Waals surface area contributed by atoms with Crippen molar-refractivity contribution in [3.8, 4) is 0 Å². The summed E-state index contributed by atoms with van der Waals surface area (Å²) < 4.78 is 0. The lowest BCUT2D eigenvalue weighted by atomic mass is 9.86. The molecule has 0 aromatic heterocycles. The van der Waals surface area contributed by atoms with E-state index < -0.39 is 0 Å². The predicted molar refractivity (Wildman–Crippen MR) is 196 cm³/mol. The molecule has 0 saturated carbocycles. The van der Waals surface area contributed by atoms with Crippen molar-refractivity contribution in [3.05, 3.63) is 199 Å². The molecule has 5 aromatic carbocycles. The molecule has 8 rings (SSSR count). The zero-order valence-corrected chi connectivity index (χ0v) is 25.8. The number of nitrogens with zero attached hydrogens (tertiary/aromatic N) is 2. The molecule has 2 nitrogen and oxygen atoms in total. The van der Waals surface area contributed by atoms with Gasteiger partial charge in [-0.1, -0.05) is 134 Å². The normalized spacial score (nSPS) is 18.4. The van der Waals surface area contributed by atoms with Crippen molar-refractivity contribution in [2.75, 3.05) is 9.80 Å². The number of rotatable bonds is 7. The highest BCUT2D eigenvalue weighted by molar-refractivity contribution is 5.96. The third-order valence-corrected chi connectivity index (χ3v) is 9.27. The fourth-order valence-electron chi connectivity index (χ4n) is 7.03. The van der Waals surface area contributed by atoms with Gasteiger partial charge in [-0.2, -0.15) is 0 Å². The molecule has 2 heteroatoms. The first-order valence-electron chi connectivity index (χ1n) is 16.3. The van der Waals surface area contributed by atoms with Crippen LogP contribution in [-0.4, -0.2) is 6.04 Å². The van der Waals surface area contributed by atoms with E-state index >= 15 is 0 Å². The van der Waals surface area contributed by atoms with Gasteiger partial charge < -0.3 is 9.80 Å². The first-order chi connectivity index (χ1) is 22.8. The Labute approximate surface area is 271 Å². The molecule has 2 atom stereocenters. The van der Waals surface area contributed by atoms with Crippen LogP contribution in [0.1, 0.15) is 18.4 Å². The maximum atomic E-state index is 2.49. The van der Waals surface area contributed by atoms with E-state index in [1.165, 1.54) is 50.2 Å². The molecule has 0 bridgehead atoms. The third-order valence-electron chi connectivity index (χ3n) is 9.27. The second kappa shape index (κ2) is 12.4. The average Bonchev–Trinajstić information content (AvgIpc) is 3.14. The summed E-state index contributed by atoms with van der Waals surface area (Å²) in [4.78, 5) is 4.88. The Hall–Kier alpha value is -5.60. The summed E-state index contributed by atoms with van der Waals surface area (Å²) >= 11 is 0. The zero-order valence-electron chi connectivity index (χ0n) is 25.8. The van der Waals surface area contributed by atoms with Crippen molar-refractivity contribution >= 4 is 39.1 Å². The van der Waals surface area contributed by atoms with Gasteiger partial charge in [0.05, 0.1) is 6.04 Å². The highest BCUT2D eigenvalue weighted by atomic mass is 15.2. The van der Waals surface area contributed by atoms with Gasteiger partial charge >= 0.3 is 0 Å². The highest BCUT2D eigenvalue weighted by Gasteiger charge is 2.25. The summed E-state index contributed by atoms with van der Waals surface area (Å²) in [7, 11) is 0. The van der Waals surface area contributed by atoms with Crippen LogP contribution in [0.2, 0.25) is 0 Å². The molecule has 0 saturated heterocycles.